The average molecular weight is 442 g/mol. The second kappa shape index (κ2) is 12.2. The first kappa shape index (κ1) is 24.5. The van der Waals surface area contributed by atoms with Crippen molar-refractivity contribution in [3.63, 3.8) is 0 Å². The maximum absolute atomic E-state index is 9.02. The maximum atomic E-state index is 9.02. The Morgan fingerprint density at radius 3 is 2.57 bits per heavy atom. The number of hydrogen-bond acceptors (Lipinski definition) is 6. The molecule has 0 saturated heterocycles. The van der Waals surface area contributed by atoms with Crippen LogP contribution in [0.15, 0.2) is 30.5 Å². The van der Waals surface area contributed by atoms with E-state index in [2.05, 4.69) is 29.0 Å². The highest BCUT2D eigenvalue weighted by molar-refractivity contribution is 7.79. The minimum atomic E-state index is -4.67. The highest BCUT2D eigenvalue weighted by Crippen LogP contribution is 2.25. The van der Waals surface area contributed by atoms with Crippen LogP contribution < -0.4 is 5.32 Å². The molecule has 0 radical (unpaired) electrons. The summed E-state index contributed by atoms with van der Waals surface area (Å²) in [5.74, 6) is 0. The lowest BCUT2D eigenvalue weighted by Crippen LogP contribution is -2.28. The molecule has 2 rings (SSSR count). The topological polar surface area (TPSA) is 123 Å². The average Bonchev–Trinajstić information content (AvgIpc) is 2.59. The molecule has 28 heavy (non-hydrogen) atoms. The van der Waals surface area contributed by atoms with Gasteiger partial charge in [0.05, 0.1) is 12.1 Å². The van der Waals surface area contributed by atoms with Crippen molar-refractivity contribution in [1.29, 1.82) is 0 Å². The van der Waals surface area contributed by atoms with Gasteiger partial charge in [-0.3, -0.25) is 14.1 Å². The molecule has 1 unspecified atom stereocenters. The Bertz CT molecular complexity index is 844. The molecule has 166 valence electrons. The zero-order chi connectivity index (χ0) is 21.2. The number of aliphatic hydroxyl groups excluding tert-OH is 1. The van der Waals surface area contributed by atoms with Crippen molar-refractivity contribution < 1.29 is 28.3 Å². The minimum absolute atomic E-state index is 0. The molecular formula is C18H36ClN3O5S. The molecule has 10 heteroatoms. The summed E-state index contributed by atoms with van der Waals surface area (Å²) in [4.78, 5) is 6.65. The Kier molecular flexibility index (Phi) is 10.7. The Hall–Kier alpha value is -1.49. The van der Waals surface area contributed by atoms with Gasteiger partial charge in [-0.2, -0.15) is 8.42 Å². The summed E-state index contributed by atoms with van der Waals surface area (Å²) in [6, 6.07) is 8.19. The third kappa shape index (κ3) is 10.2. The minimum Gasteiger partial charge on any atom is -0.395 e. The summed E-state index contributed by atoms with van der Waals surface area (Å²) in [6.07, 6.45) is 4.00. The van der Waals surface area contributed by atoms with E-state index in [-0.39, 0.29) is 12.3 Å². The number of nitrogens with one attached hydrogen (secondary N) is 1. The molecule has 2 aromatic rings. The summed E-state index contributed by atoms with van der Waals surface area (Å²) in [6.45, 7) is 7.32. The van der Waals surface area contributed by atoms with Crippen LogP contribution in [0.3, 0.4) is 0 Å². The van der Waals surface area contributed by atoms with Gasteiger partial charge in [0.15, 0.2) is 0 Å². The normalized spacial score (nSPS) is 12.5. The van der Waals surface area contributed by atoms with Gasteiger partial charge in [0.1, 0.15) is 0 Å². The van der Waals surface area contributed by atoms with Crippen LogP contribution in [0.2, 0.25) is 5.02 Å². The quantitative estimate of drug-likeness (QED) is 0.428. The molecule has 1 atom stereocenters. The summed E-state index contributed by atoms with van der Waals surface area (Å²) >= 11 is 6.03. The summed E-state index contributed by atoms with van der Waals surface area (Å²) in [5, 5.41) is 14.4. The smallest absolute Gasteiger partial charge is 0.394 e. The van der Waals surface area contributed by atoms with E-state index >= 15 is 0 Å². The fourth-order valence-electron chi connectivity index (χ4n) is 2.78. The fourth-order valence-corrected chi connectivity index (χ4v) is 2.94. The lowest BCUT2D eigenvalue weighted by molar-refractivity contribution is 0.199. The van der Waals surface area contributed by atoms with Crippen LogP contribution in [-0.2, 0) is 10.4 Å². The molecule has 0 aliphatic carbocycles. The maximum Gasteiger partial charge on any atom is 0.394 e. The van der Waals surface area contributed by atoms with Crippen molar-refractivity contribution >= 4 is 38.6 Å². The molecule has 8 nitrogen and oxygen atoms in total. The highest BCUT2D eigenvalue weighted by Gasteiger charge is 2.08. The van der Waals surface area contributed by atoms with Gasteiger partial charge in [-0.25, -0.2) is 0 Å². The van der Waals surface area contributed by atoms with Gasteiger partial charge in [0.25, 0.3) is 0 Å². The van der Waals surface area contributed by atoms with Gasteiger partial charge in [0.2, 0.25) is 0 Å². The lowest BCUT2D eigenvalue weighted by atomic mass is 10.1. The number of aromatic nitrogens is 1. The van der Waals surface area contributed by atoms with Crippen LogP contribution in [0.4, 0.5) is 5.69 Å². The Morgan fingerprint density at radius 2 is 1.96 bits per heavy atom. The second-order valence-corrected chi connectivity index (χ2v) is 7.65. The van der Waals surface area contributed by atoms with Gasteiger partial charge in [0, 0.05) is 40.6 Å². The number of pyridine rings is 1. The van der Waals surface area contributed by atoms with E-state index in [1.54, 1.807) is 0 Å². The van der Waals surface area contributed by atoms with Crippen LogP contribution in [0, 0.1) is 0 Å². The SMILES string of the molecule is CCN(CCO)CCCC(C)Nc1ccnc2cc(Cl)ccc12.O=S(=O)(O)O.[HH].[HH].[HH].[HH]. The zero-order valence-electron chi connectivity index (χ0n) is 16.0. The number of aliphatic hydroxyl groups is 1. The van der Waals surface area contributed by atoms with Crippen LogP contribution in [-0.4, -0.2) is 64.8 Å². The highest BCUT2D eigenvalue weighted by atomic mass is 35.5. The van der Waals surface area contributed by atoms with Crippen molar-refractivity contribution in [2.24, 2.45) is 0 Å². The number of likely N-dealkylation sites (N-methyl/N-ethyl adjacent to an activating group) is 1. The van der Waals surface area contributed by atoms with Crippen LogP contribution >= 0.6 is 11.6 Å². The van der Waals surface area contributed by atoms with Crippen molar-refractivity contribution in [2.75, 3.05) is 31.6 Å². The predicted molar refractivity (Wildman–Crippen MR) is 121 cm³/mol. The number of rotatable bonds is 9. The van der Waals surface area contributed by atoms with Gasteiger partial charge in [-0.1, -0.05) is 18.5 Å². The first-order valence-electron chi connectivity index (χ1n) is 8.98. The molecule has 0 aliphatic heterocycles. The van der Waals surface area contributed by atoms with Crippen molar-refractivity contribution in [2.45, 2.75) is 32.7 Å². The van der Waals surface area contributed by atoms with Crippen LogP contribution in [0.25, 0.3) is 10.9 Å². The number of halogens is 1. The number of fused-ring (bicyclic) bond motifs is 1. The standard InChI is InChI=1S/C18H26ClN3O.H2O4S.4H2/c1-3-22(11-12-23)10-4-5-14(2)21-17-8-9-20-18-13-15(19)6-7-16(17)18;1-5(2,3)4;;;;/h6-9,13-14,23H,3-5,10-12H2,1-2H3,(H,20,21);(H2,1,2,3,4);4*1H. The van der Waals surface area contributed by atoms with E-state index in [0.717, 1.165) is 49.1 Å². The van der Waals surface area contributed by atoms with Gasteiger partial charge < -0.3 is 15.3 Å². The number of anilines is 1. The van der Waals surface area contributed by atoms with E-state index in [4.69, 9.17) is 34.2 Å². The monoisotopic (exact) mass is 441 g/mol. The molecular weight excluding hydrogens is 406 g/mol. The zero-order valence-corrected chi connectivity index (χ0v) is 17.6. The van der Waals surface area contributed by atoms with Crippen LogP contribution in [0.5, 0.6) is 0 Å². The molecule has 0 bridgehead atoms. The van der Waals surface area contributed by atoms with Gasteiger partial charge in [-0.15, -0.1) is 0 Å². The first-order chi connectivity index (χ1) is 13.1. The summed E-state index contributed by atoms with van der Waals surface area (Å²) in [7, 11) is -4.67. The van der Waals surface area contributed by atoms with Gasteiger partial charge in [-0.05, 0) is 57.1 Å². The van der Waals surface area contributed by atoms with Crippen molar-refractivity contribution in [3.05, 3.63) is 35.5 Å². The van der Waals surface area contributed by atoms with E-state index in [0.29, 0.717) is 11.1 Å². The molecule has 1 aromatic heterocycles. The van der Waals surface area contributed by atoms with Crippen LogP contribution in [0.1, 0.15) is 32.4 Å². The second-order valence-electron chi connectivity index (χ2n) is 6.31. The third-order valence-electron chi connectivity index (χ3n) is 4.08. The van der Waals surface area contributed by atoms with Crippen molar-refractivity contribution in [1.82, 2.24) is 9.88 Å². The molecule has 0 saturated carbocycles. The fraction of sp³-hybridized carbons (Fsp3) is 0.500. The molecule has 0 amide bonds. The molecule has 0 spiro atoms. The molecule has 1 heterocycles. The predicted octanol–water partition coefficient (Wildman–Crippen LogP) is 4.11. The molecule has 1 aromatic carbocycles. The summed E-state index contributed by atoms with van der Waals surface area (Å²) in [5.41, 5.74) is 2.01. The Morgan fingerprint density at radius 1 is 1.29 bits per heavy atom. The van der Waals surface area contributed by atoms with E-state index < -0.39 is 10.4 Å². The number of benzene rings is 1. The first-order valence-corrected chi connectivity index (χ1v) is 10.8. The Balaban J connectivity index is -0.000000394. The number of hydrogen-bond donors (Lipinski definition) is 4. The Labute approximate surface area is 177 Å². The van der Waals surface area contributed by atoms with Gasteiger partial charge >= 0.3 is 10.4 Å². The van der Waals surface area contributed by atoms with E-state index in [9.17, 15) is 0 Å². The summed E-state index contributed by atoms with van der Waals surface area (Å²) < 4.78 is 31.6. The van der Waals surface area contributed by atoms with E-state index in [1.807, 2.05) is 30.5 Å². The molecule has 0 aliphatic rings. The molecule has 0 fully saturated rings. The largest absolute Gasteiger partial charge is 0.395 e. The third-order valence-corrected chi connectivity index (χ3v) is 4.32. The van der Waals surface area contributed by atoms with Crippen molar-refractivity contribution in [3.8, 4) is 0 Å². The van der Waals surface area contributed by atoms with E-state index in [1.165, 1.54) is 0 Å². The lowest BCUT2D eigenvalue weighted by Gasteiger charge is -2.21. The number of nitrogens with zero attached hydrogens (tertiary/aromatic N) is 2. The molecule has 4 N–H and O–H groups in total.